The van der Waals surface area contributed by atoms with Crippen LogP contribution in [-0.4, -0.2) is 54.4 Å². The lowest BCUT2D eigenvalue weighted by atomic mass is 10.1. The number of anilines is 1. The number of aryl methyl sites for hydroxylation is 1. The summed E-state index contributed by atoms with van der Waals surface area (Å²) in [6.45, 7) is 8.89. The molecule has 0 spiro atoms. The van der Waals surface area contributed by atoms with Crippen LogP contribution in [0.3, 0.4) is 0 Å². The van der Waals surface area contributed by atoms with E-state index in [0.717, 1.165) is 35.9 Å². The van der Waals surface area contributed by atoms with Gasteiger partial charge in [0.2, 0.25) is 5.91 Å². The maximum absolute atomic E-state index is 12.5. The molecule has 2 heterocycles. The van der Waals surface area contributed by atoms with Crippen molar-refractivity contribution in [1.82, 2.24) is 15.2 Å². The van der Waals surface area contributed by atoms with Crippen molar-refractivity contribution in [3.8, 4) is 0 Å². The Bertz CT molecular complexity index is 858. The molecule has 1 aliphatic heterocycles. The third-order valence-electron chi connectivity index (χ3n) is 4.85. The molecule has 1 N–H and O–H groups in total. The normalized spacial score (nSPS) is 14.4. The van der Waals surface area contributed by atoms with Crippen molar-refractivity contribution in [1.29, 1.82) is 0 Å². The number of hydrogen-bond donors (Lipinski definition) is 1. The van der Waals surface area contributed by atoms with Crippen molar-refractivity contribution in [2.75, 3.05) is 37.6 Å². The van der Waals surface area contributed by atoms with Crippen LogP contribution >= 0.6 is 22.9 Å². The highest BCUT2D eigenvalue weighted by atomic mass is 35.5. The molecule has 1 aliphatic rings. The lowest BCUT2D eigenvalue weighted by Gasteiger charge is -2.36. The number of benzene rings is 1. The summed E-state index contributed by atoms with van der Waals surface area (Å²) in [5, 5.41) is 4.44. The fraction of sp³-hybridized carbons (Fsp3) is 0.476. The van der Waals surface area contributed by atoms with Gasteiger partial charge in [-0.05, 0) is 37.1 Å². The minimum Gasteiger partial charge on any atom is -0.368 e. The molecule has 0 radical (unpaired) electrons. The van der Waals surface area contributed by atoms with Gasteiger partial charge >= 0.3 is 0 Å². The van der Waals surface area contributed by atoms with Gasteiger partial charge in [-0.2, -0.15) is 0 Å². The number of amides is 2. The van der Waals surface area contributed by atoms with E-state index in [0.29, 0.717) is 28.9 Å². The second kappa shape index (κ2) is 9.59. The SMILES string of the molecule is Cc1nc(CC(C)C)sc1C(=O)NCC(=O)N1CCN(c2ccc(Cl)cc2)CC1. The van der Waals surface area contributed by atoms with Crippen LogP contribution in [0.4, 0.5) is 5.69 Å². The number of carbonyl (C=O) groups is 2. The summed E-state index contributed by atoms with van der Waals surface area (Å²) in [7, 11) is 0. The molecular weight excluding hydrogens is 408 g/mol. The molecule has 2 aromatic rings. The van der Waals surface area contributed by atoms with Crippen LogP contribution in [0.5, 0.6) is 0 Å². The molecule has 2 amide bonds. The Morgan fingerprint density at radius 3 is 2.45 bits per heavy atom. The molecule has 0 saturated carbocycles. The highest BCUT2D eigenvalue weighted by Crippen LogP contribution is 2.21. The number of thiazole rings is 1. The number of nitrogens with one attached hydrogen (secondary N) is 1. The zero-order valence-corrected chi connectivity index (χ0v) is 18.6. The van der Waals surface area contributed by atoms with Gasteiger partial charge in [-0.3, -0.25) is 9.59 Å². The number of rotatable bonds is 6. The molecule has 0 atom stereocenters. The number of piperazine rings is 1. The van der Waals surface area contributed by atoms with E-state index in [1.807, 2.05) is 31.2 Å². The number of hydrogen-bond acceptors (Lipinski definition) is 5. The van der Waals surface area contributed by atoms with Crippen LogP contribution in [0, 0.1) is 12.8 Å². The molecular formula is C21H27ClN4O2S. The Balaban J connectivity index is 1.48. The van der Waals surface area contributed by atoms with Crippen molar-refractivity contribution in [2.24, 2.45) is 5.92 Å². The first kappa shape index (κ1) is 21.6. The van der Waals surface area contributed by atoms with Gasteiger partial charge in [0.05, 0.1) is 17.2 Å². The average molecular weight is 435 g/mol. The van der Waals surface area contributed by atoms with Crippen LogP contribution in [-0.2, 0) is 11.2 Å². The van der Waals surface area contributed by atoms with Gasteiger partial charge in [0, 0.05) is 43.3 Å². The van der Waals surface area contributed by atoms with Crippen LogP contribution in [0.1, 0.15) is 34.2 Å². The van der Waals surface area contributed by atoms with Gasteiger partial charge in [-0.15, -0.1) is 11.3 Å². The van der Waals surface area contributed by atoms with Gasteiger partial charge < -0.3 is 15.1 Å². The monoisotopic (exact) mass is 434 g/mol. The largest absolute Gasteiger partial charge is 0.368 e. The maximum Gasteiger partial charge on any atom is 0.263 e. The molecule has 0 aliphatic carbocycles. The van der Waals surface area contributed by atoms with Gasteiger partial charge in [0.15, 0.2) is 0 Å². The summed E-state index contributed by atoms with van der Waals surface area (Å²) >= 11 is 7.36. The summed E-state index contributed by atoms with van der Waals surface area (Å²) in [4.78, 5) is 34.1. The second-order valence-corrected chi connectivity index (χ2v) is 9.17. The molecule has 1 aromatic carbocycles. The van der Waals surface area contributed by atoms with Gasteiger partial charge in [0.25, 0.3) is 5.91 Å². The average Bonchev–Trinajstić information content (AvgIpc) is 3.06. The van der Waals surface area contributed by atoms with E-state index in [4.69, 9.17) is 11.6 Å². The van der Waals surface area contributed by atoms with E-state index in [1.54, 1.807) is 4.90 Å². The van der Waals surface area contributed by atoms with Crippen LogP contribution in [0.25, 0.3) is 0 Å². The van der Waals surface area contributed by atoms with Gasteiger partial charge in [-0.25, -0.2) is 4.98 Å². The predicted octanol–water partition coefficient (Wildman–Crippen LogP) is 3.38. The van der Waals surface area contributed by atoms with E-state index < -0.39 is 0 Å². The Labute approximate surface area is 180 Å². The number of carbonyl (C=O) groups excluding carboxylic acids is 2. The summed E-state index contributed by atoms with van der Waals surface area (Å²) in [6.07, 6.45) is 0.857. The summed E-state index contributed by atoms with van der Waals surface area (Å²) < 4.78 is 0. The molecule has 156 valence electrons. The van der Waals surface area contributed by atoms with E-state index in [-0.39, 0.29) is 18.4 Å². The zero-order chi connectivity index (χ0) is 21.0. The van der Waals surface area contributed by atoms with Crippen molar-refractivity contribution in [3.63, 3.8) is 0 Å². The first-order chi connectivity index (χ1) is 13.8. The standard InChI is InChI=1S/C21H27ClN4O2S/c1-14(2)12-18-24-15(3)20(29-18)21(28)23-13-19(27)26-10-8-25(9-11-26)17-6-4-16(22)5-7-17/h4-7,14H,8-13H2,1-3H3,(H,23,28). The zero-order valence-electron chi connectivity index (χ0n) is 17.1. The fourth-order valence-electron chi connectivity index (χ4n) is 3.31. The molecule has 1 fully saturated rings. The van der Waals surface area contributed by atoms with Crippen LogP contribution < -0.4 is 10.2 Å². The number of aromatic nitrogens is 1. The van der Waals surface area contributed by atoms with Gasteiger partial charge in [-0.1, -0.05) is 25.4 Å². The predicted molar refractivity (Wildman–Crippen MR) is 118 cm³/mol. The fourth-order valence-corrected chi connectivity index (χ4v) is 4.63. The van der Waals surface area contributed by atoms with Crippen LogP contribution in [0.2, 0.25) is 5.02 Å². The highest BCUT2D eigenvalue weighted by molar-refractivity contribution is 7.13. The Hall–Kier alpha value is -2.12. The summed E-state index contributed by atoms with van der Waals surface area (Å²) in [6, 6.07) is 7.73. The lowest BCUT2D eigenvalue weighted by molar-refractivity contribution is -0.130. The first-order valence-electron chi connectivity index (χ1n) is 9.86. The quantitative estimate of drug-likeness (QED) is 0.756. The molecule has 1 aromatic heterocycles. The third-order valence-corrected chi connectivity index (χ3v) is 6.28. The summed E-state index contributed by atoms with van der Waals surface area (Å²) in [5.74, 6) is 0.214. The minimum atomic E-state index is -0.219. The van der Waals surface area contributed by atoms with E-state index in [2.05, 4.69) is 29.0 Å². The van der Waals surface area contributed by atoms with Gasteiger partial charge in [0.1, 0.15) is 4.88 Å². The van der Waals surface area contributed by atoms with Crippen molar-refractivity contribution >= 4 is 40.4 Å². The summed E-state index contributed by atoms with van der Waals surface area (Å²) in [5.41, 5.74) is 1.83. The highest BCUT2D eigenvalue weighted by Gasteiger charge is 2.22. The Morgan fingerprint density at radius 2 is 1.83 bits per heavy atom. The molecule has 6 nitrogen and oxygen atoms in total. The Kier molecular flexibility index (Phi) is 7.14. The van der Waals surface area contributed by atoms with E-state index >= 15 is 0 Å². The molecule has 0 bridgehead atoms. The topological polar surface area (TPSA) is 65.5 Å². The second-order valence-electron chi connectivity index (χ2n) is 7.65. The van der Waals surface area contributed by atoms with Crippen LogP contribution in [0.15, 0.2) is 24.3 Å². The van der Waals surface area contributed by atoms with Crippen molar-refractivity contribution < 1.29 is 9.59 Å². The number of nitrogens with zero attached hydrogens (tertiary/aromatic N) is 3. The Morgan fingerprint density at radius 1 is 1.17 bits per heavy atom. The smallest absolute Gasteiger partial charge is 0.263 e. The van der Waals surface area contributed by atoms with E-state index in [1.165, 1.54) is 11.3 Å². The number of halogens is 1. The maximum atomic E-state index is 12.5. The van der Waals surface area contributed by atoms with E-state index in [9.17, 15) is 9.59 Å². The molecule has 8 heteroatoms. The lowest BCUT2D eigenvalue weighted by Crippen LogP contribution is -2.51. The first-order valence-corrected chi connectivity index (χ1v) is 11.1. The minimum absolute atomic E-state index is 0.0105. The molecule has 29 heavy (non-hydrogen) atoms. The van der Waals surface area contributed by atoms with Crippen molar-refractivity contribution in [3.05, 3.63) is 44.9 Å². The molecule has 1 saturated heterocycles. The molecule has 0 unspecified atom stereocenters. The molecule has 3 rings (SSSR count). The van der Waals surface area contributed by atoms with Crippen molar-refractivity contribution in [2.45, 2.75) is 27.2 Å². The third kappa shape index (κ3) is 5.70.